The first-order valence-electron chi connectivity index (χ1n) is 8.91. The van der Waals surface area contributed by atoms with E-state index in [0.29, 0.717) is 0 Å². The molecule has 30 heavy (non-hydrogen) atoms. The van der Waals surface area contributed by atoms with Crippen molar-refractivity contribution < 1.29 is 27.6 Å². The minimum absolute atomic E-state index is 0.0642. The number of hydrogen-bond acceptors (Lipinski definition) is 11. The van der Waals surface area contributed by atoms with Crippen molar-refractivity contribution in [2.75, 3.05) is 18.1 Å². The highest BCUT2D eigenvalue weighted by molar-refractivity contribution is 7.86. The summed E-state index contributed by atoms with van der Waals surface area (Å²) >= 11 is 0. The summed E-state index contributed by atoms with van der Waals surface area (Å²) in [7, 11) is -4.28. The summed E-state index contributed by atoms with van der Waals surface area (Å²) in [5, 5.41) is 20.1. The molecule has 1 aromatic carbocycles. The van der Waals surface area contributed by atoms with Crippen LogP contribution in [0, 0.1) is 6.92 Å². The molecule has 0 unspecified atom stereocenters. The molecular weight excluding hydrogens is 416 g/mol. The summed E-state index contributed by atoms with van der Waals surface area (Å²) in [5.74, 6) is -0.146. The quantitative estimate of drug-likeness (QED) is 0.371. The number of rotatable bonds is 5. The maximum absolute atomic E-state index is 12.8. The molecule has 0 bridgehead atoms. The molecule has 4 rings (SSSR count). The highest BCUT2D eigenvalue weighted by Gasteiger charge is 2.49. The number of aliphatic hydroxyl groups is 2. The summed E-state index contributed by atoms with van der Waals surface area (Å²) in [6.45, 7) is 1.24. The highest BCUT2D eigenvalue weighted by atomic mass is 32.2. The lowest BCUT2D eigenvalue weighted by molar-refractivity contribution is -0.0474. The molecule has 2 aromatic heterocycles. The normalized spacial score (nSPS) is 24.5. The SMILES string of the molecule is Cc1ccc(S(=O)(=O)O[C@@H]2[C@H](O)[C@@H](CO)O[C@H]2n2c(N)nc3cnc(N)nc32)cc1. The number of anilines is 2. The largest absolute Gasteiger partial charge is 0.394 e. The van der Waals surface area contributed by atoms with Gasteiger partial charge in [-0.05, 0) is 19.1 Å². The van der Waals surface area contributed by atoms with Gasteiger partial charge >= 0.3 is 0 Å². The van der Waals surface area contributed by atoms with Gasteiger partial charge in [-0.2, -0.15) is 13.4 Å². The lowest BCUT2D eigenvalue weighted by atomic mass is 10.1. The number of aryl methyl sites for hydroxylation is 1. The van der Waals surface area contributed by atoms with E-state index in [4.69, 9.17) is 20.4 Å². The molecule has 13 heteroatoms. The van der Waals surface area contributed by atoms with Crippen LogP contribution in [0.15, 0.2) is 35.4 Å². The highest BCUT2D eigenvalue weighted by Crippen LogP contribution is 2.37. The maximum Gasteiger partial charge on any atom is 0.297 e. The van der Waals surface area contributed by atoms with Crippen molar-refractivity contribution in [2.24, 2.45) is 0 Å². The predicted octanol–water partition coefficient (Wildman–Crippen LogP) is -0.676. The Morgan fingerprint density at radius 2 is 1.93 bits per heavy atom. The van der Waals surface area contributed by atoms with Crippen molar-refractivity contribution in [2.45, 2.75) is 36.4 Å². The molecule has 1 fully saturated rings. The molecule has 0 saturated carbocycles. The van der Waals surface area contributed by atoms with Crippen LogP contribution in [0.5, 0.6) is 0 Å². The molecule has 3 aromatic rings. The van der Waals surface area contributed by atoms with Crippen LogP contribution in [0.25, 0.3) is 11.2 Å². The second-order valence-corrected chi connectivity index (χ2v) is 8.42. The Balaban J connectivity index is 1.76. The first-order chi connectivity index (χ1) is 14.2. The molecule has 0 spiro atoms. The average Bonchev–Trinajstić information content (AvgIpc) is 3.17. The summed E-state index contributed by atoms with van der Waals surface area (Å²) in [6, 6.07) is 6.01. The van der Waals surface area contributed by atoms with Gasteiger partial charge in [0, 0.05) is 0 Å². The Hall–Kier alpha value is -2.84. The molecule has 160 valence electrons. The predicted molar refractivity (Wildman–Crippen MR) is 104 cm³/mol. The van der Waals surface area contributed by atoms with Crippen molar-refractivity contribution in [3.63, 3.8) is 0 Å². The van der Waals surface area contributed by atoms with Gasteiger partial charge in [0.15, 0.2) is 18.0 Å². The molecule has 4 atom stereocenters. The van der Waals surface area contributed by atoms with Gasteiger partial charge in [0.2, 0.25) is 11.9 Å². The summed E-state index contributed by atoms with van der Waals surface area (Å²) in [4.78, 5) is 11.9. The first-order valence-corrected chi connectivity index (χ1v) is 10.3. The standard InChI is InChI=1S/C17H20N6O6S/c1-8-2-4-9(5-3-8)30(26,27)29-13-12(25)11(7-24)28-15(13)23-14-10(21-17(23)19)6-20-16(18)22-14/h2-6,11-13,15,24-25H,7H2,1H3,(H2,19,21)(H2,18,20,22)/t11-,12-,13-,15-/m1/s1. The van der Waals surface area contributed by atoms with E-state index >= 15 is 0 Å². The molecule has 0 aliphatic carbocycles. The van der Waals surface area contributed by atoms with Gasteiger partial charge in [-0.25, -0.2) is 9.97 Å². The fourth-order valence-corrected chi connectivity index (χ4v) is 4.34. The molecule has 1 saturated heterocycles. The van der Waals surface area contributed by atoms with Crippen molar-refractivity contribution in [1.82, 2.24) is 19.5 Å². The smallest absolute Gasteiger partial charge is 0.297 e. The number of hydrogen-bond donors (Lipinski definition) is 4. The Labute approximate surface area is 171 Å². The number of benzene rings is 1. The van der Waals surface area contributed by atoms with E-state index in [2.05, 4.69) is 15.0 Å². The number of nitrogen functional groups attached to an aromatic ring is 2. The van der Waals surface area contributed by atoms with Gasteiger partial charge < -0.3 is 26.4 Å². The first kappa shape index (κ1) is 20.4. The number of aromatic nitrogens is 4. The van der Waals surface area contributed by atoms with Crippen LogP contribution in [0.4, 0.5) is 11.9 Å². The summed E-state index contributed by atoms with van der Waals surface area (Å²) in [5.41, 5.74) is 12.9. The zero-order valence-electron chi connectivity index (χ0n) is 15.8. The Bertz CT molecular complexity index is 1180. The monoisotopic (exact) mass is 436 g/mol. The van der Waals surface area contributed by atoms with Crippen molar-refractivity contribution in [1.29, 1.82) is 0 Å². The molecule has 6 N–H and O–H groups in total. The van der Waals surface area contributed by atoms with E-state index in [1.807, 2.05) is 6.92 Å². The van der Waals surface area contributed by atoms with Crippen molar-refractivity contribution in [3.8, 4) is 0 Å². The zero-order valence-corrected chi connectivity index (χ0v) is 16.6. The summed E-state index contributed by atoms with van der Waals surface area (Å²) in [6.07, 6.45) is -3.94. The van der Waals surface area contributed by atoms with Crippen LogP contribution >= 0.6 is 0 Å². The van der Waals surface area contributed by atoms with Gasteiger partial charge in [-0.15, -0.1) is 0 Å². The van der Waals surface area contributed by atoms with E-state index in [-0.39, 0.29) is 28.0 Å². The third kappa shape index (κ3) is 3.46. The minimum Gasteiger partial charge on any atom is -0.394 e. The van der Waals surface area contributed by atoms with Crippen LogP contribution in [0.2, 0.25) is 0 Å². The molecule has 12 nitrogen and oxygen atoms in total. The van der Waals surface area contributed by atoms with Crippen molar-refractivity contribution >= 4 is 33.2 Å². The Morgan fingerprint density at radius 3 is 2.60 bits per heavy atom. The van der Waals surface area contributed by atoms with Gasteiger partial charge in [-0.1, -0.05) is 17.7 Å². The topological polar surface area (TPSA) is 189 Å². The lowest BCUT2D eigenvalue weighted by Crippen LogP contribution is -2.37. The fourth-order valence-electron chi connectivity index (χ4n) is 3.26. The third-order valence-electron chi connectivity index (χ3n) is 4.77. The van der Waals surface area contributed by atoms with E-state index in [9.17, 15) is 18.6 Å². The molecular formula is C17H20N6O6S. The second kappa shape index (κ2) is 7.45. The van der Waals surface area contributed by atoms with Crippen LogP contribution < -0.4 is 11.5 Å². The number of ether oxygens (including phenoxy) is 1. The minimum atomic E-state index is -4.28. The number of nitrogens with two attached hydrogens (primary N) is 2. The lowest BCUT2D eigenvalue weighted by Gasteiger charge is -2.22. The van der Waals surface area contributed by atoms with E-state index in [1.165, 1.54) is 22.9 Å². The van der Waals surface area contributed by atoms with Crippen LogP contribution in [0.1, 0.15) is 11.8 Å². The van der Waals surface area contributed by atoms with Gasteiger partial charge in [-0.3, -0.25) is 8.75 Å². The third-order valence-corrected chi connectivity index (χ3v) is 6.10. The number of nitrogens with zero attached hydrogens (tertiary/aromatic N) is 4. The average molecular weight is 436 g/mol. The molecule has 0 radical (unpaired) electrons. The molecule has 1 aliphatic heterocycles. The van der Waals surface area contributed by atoms with Crippen LogP contribution in [0.3, 0.4) is 0 Å². The van der Waals surface area contributed by atoms with Crippen molar-refractivity contribution in [3.05, 3.63) is 36.0 Å². The number of aliphatic hydroxyl groups excluding tert-OH is 2. The van der Waals surface area contributed by atoms with E-state index in [0.717, 1.165) is 5.56 Å². The van der Waals surface area contributed by atoms with Gasteiger partial charge in [0.1, 0.15) is 17.7 Å². The zero-order chi connectivity index (χ0) is 21.6. The second-order valence-electron chi connectivity index (χ2n) is 6.84. The number of fused-ring (bicyclic) bond motifs is 1. The van der Waals surface area contributed by atoms with Gasteiger partial charge in [0.25, 0.3) is 10.1 Å². The Morgan fingerprint density at radius 1 is 1.23 bits per heavy atom. The Kier molecular flexibility index (Phi) is 5.07. The molecule has 1 aliphatic rings. The van der Waals surface area contributed by atoms with Crippen LogP contribution in [-0.4, -0.2) is 63.1 Å². The fraction of sp³-hybridized carbons (Fsp3) is 0.353. The van der Waals surface area contributed by atoms with E-state index < -0.39 is 41.3 Å². The van der Waals surface area contributed by atoms with Gasteiger partial charge in [0.05, 0.1) is 17.7 Å². The summed E-state index contributed by atoms with van der Waals surface area (Å²) < 4.78 is 37.9. The number of imidazole rings is 1. The molecule has 3 heterocycles. The van der Waals surface area contributed by atoms with E-state index in [1.54, 1.807) is 12.1 Å². The maximum atomic E-state index is 12.8. The van der Waals surface area contributed by atoms with Crippen LogP contribution in [-0.2, 0) is 19.0 Å². The molecule has 0 amide bonds.